The lowest BCUT2D eigenvalue weighted by Crippen LogP contribution is -2.19. The zero-order valence-corrected chi connectivity index (χ0v) is 9.84. The summed E-state index contributed by atoms with van der Waals surface area (Å²) in [4.78, 5) is 4.56. The normalized spacial score (nSPS) is 28.9. The van der Waals surface area contributed by atoms with E-state index in [1.54, 1.807) is 0 Å². The molecule has 1 aromatic rings. The van der Waals surface area contributed by atoms with Gasteiger partial charge in [0, 0.05) is 18.9 Å². The zero-order chi connectivity index (χ0) is 12.7. The van der Waals surface area contributed by atoms with Crippen molar-refractivity contribution >= 4 is 5.69 Å². The van der Waals surface area contributed by atoms with Crippen LogP contribution in [0.15, 0.2) is 18.2 Å². The van der Waals surface area contributed by atoms with Gasteiger partial charge in [0.25, 0.3) is 0 Å². The van der Waals surface area contributed by atoms with E-state index in [1.165, 1.54) is 25.3 Å². The van der Waals surface area contributed by atoms with Crippen LogP contribution in [0, 0.1) is 11.0 Å². The van der Waals surface area contributed by atoms with Crippen LogP contribution in [-0.4, -0.2) is 25.4 Å². The highest BCUT2D eigenvalue weighted by atomic mass is 19.1. The third-order valence-corrected chi connectivity index (χ3v) is 3.26. The molecule has 5 nitrogen and oxygen atoms in total. The van der Waals surface area contributed by atoms with Crippen LogP contribution in [0.5, 0.6) is 5.75 Å². The van der Waals surface area contributed by atoms with Crippen molar-refractivity contribution in [1.82, 2.24) is 0 Å². The molecule has 98 valence electrons. The molecule has 2 unspecified atom stereocenters. The van der Waals surface area contributed by atoms with Gasteiger partial charge >= 0.3 is 0 Å². The van der Waals surface area contributed by atoms with Gasteiger partial charge < -0.3 is 19.9 Å². The van der Waals surface area contributed by atoms with E-state index in [9.17, 15) is 9.60 Å². The molecule has 2 aliphatic rings. The molecule has 1 aromatic carbocycles. The van der Waals surface area contributed by atoms with Gasteiger partial charge in [0.15, 0.2) is 0 Å². The molecule has 2 atom stereocenters. The predicted molar refractivity (Wildman–Crippen MR) is 61.6 cm³/mol. The van der Waals surface area contributed by atoms with Crippen molar-refractivity contribution in [3.05, 3.63) is 29.2 Å². The first kappa shape index (κ1) is 11.7. The number of anilines is 1. The van der Waals surface area contributed by atoms with Gasteiger partial charge in [-0.2, -0.15) is 0 Å². The van der Waals surface area contributed by atoms with Crippen LogP contribution in [0.1, 0.15) is 12.8 Å². The molecule has 0 bridgehead atoms. The van der Waals surface area contributed by atoms with Gasteiger partial charge in [-0.3, -0.25) is 4.84 Å². The van der Waals surface area contributed by atoms with Gasteiger partial charge in [-0.15, -0.1) is 0 Å². The Balaban J connectivity index is 1.78. The van der Waals surface area contributed by atoms with E-state index in [2.05, 4.69) is 4.84 Å². The van der Waals surface area contributed by atoms with Gasteiger partial charge in [0.05, 0.1) is 25.0 Å². The molecule has 1 saturated heterocycles. The van der Waals surface area contributed by atoms with Crippen LogP contribution in [0.4, 0.5) is 10.1 Å². The molecule has 0 radical (unpaired) electrons. The van der Waals surface area contributed by atoms with Crippen LogP contribution in [0.25, 0.3) is 0 Å². The van der Waals surface area contributed by atoms with Crippen molar-refractivity contribution in [2.24, 2.45) is 0 Å². The summed E-state index contributed by atoms with van der Waals surface area (Å²) in [7, 11) is 1.25. The largest absolute Gasteiger partial charge is 0.733 e. The molecular formula is C12H13FNO4-. The molecule has 1 saturated carbocycles. The van der Waals surface area contributed by atoms with E-state index in [-0.39, 0.29) is 29.7 Å². The second-order valence-electron chi connectivity index (χ2n) is 4.48. The summed E-state index contributed by atoms with van der Waals surface area (Å²) >= 11 is 0. The van der Waals surface area contributed by atoms with Crippen LogP contribution >= 0.6 is 0 Å². The number of benzene rings is 1. The summed E-state index contributed by atoms with van der Waals surface area (Å²) in [6, 6.07) is 3.73. The molecule has 0 aromatic heterocycles. The average Bonchev–Trinajstić information content (AvgIpc) is 2.96. The van der Waals surface area contributed by atoms with Gasteiger partial charge in [-0.1, -0.05) is 0 Å². The molecule has 6 heteroatoms. The Kier molecular flexibility index (Phi) is 2.85. The second-order valence-corrected chi connectivity index (χ2v) is 4.48. The zero-order valence-electron chi connectivity index (χ0n) is 9.84. The molecule has 1 heterocycles. The second kappa shape index (κ2) is 4.38. The van der Waals surface area contributed by atoms with Crippen molar-refractivity contribution < 1.29 is 18.7 Å². The fourth-order valence-electron chi connectivity index (χ4n) is 2.32. The average molecular weight is 254 g/mol. The van der Waals surface area contributed by atoms with Crippen molar-refractivity contribution in [3.8, 4) is 5.75 Å². The molecule has 2 fully saturated rings. The van der Waals surface area contributed by atoms with E-state index in [1.807, 2.05) is 0 Å². The first-order valence-corrected chi connectivity index (χ1v) is 5.80. The number of halogens is 1. The third-order valence-electron chi connectivity index (χ3n) is 3.26. The highest BCUT2D eigenvalue weighted by molar-refractivity contribution is 5.57. The lowest BCUT2D eigenvalue weighted by molar-refractivity contribution is 0.145. The maximum absolute atomic E-state index is 13.2. The fourth-order valence-corrected chi connectivity index (χ4v) is 2.32. The SMILES string of the molecule is CON([O-])c1ccc(F)cc1OC1CC2OC2C1. The Labute approximate surface area is 104 Å². The summed E-state index contributed by atoms with van der Waals surface area (Å²) in [6.45, 7) is 0. The number of ether oxygens (including phenoxy) is 2. The monoisotopic (exact) mass is 254 g/mol. The van der Waals surface area contributed by atoms with Gasteiger partial charge in [-0.25, -0.2) is 4.39 Å². The standard InChI is InChI=1S/C12H13FNO4/c1-16-14(15)9-3-2-7(13)4-10(9)17-8-5-11-12(6-8)18-11/h2-4,8,11-12H,5-6H2,1H3/q-1. The molecule has 1 aliphatic heterocycles. The maximum atomic E-state index is 13.2. The highest BCUT2D eigenvalue weighted by Crippen LogP contribution is 2.41. The Hall–Kier alpha value is -1.37. The van der Waals surface area contributed by atoms with Crippen molar-refractivity contribution in [2.45, 2.75) is 31.2 Å². The quantitative estimate of drug-likeness (QED) is 0.607. The minimum atomic E-state index is -0.447. The van der Waals surface area contributed by atoms with Crippen LogP contribution in [0.3, 0.4) is 0 Å². The van der Waals surface area contributed by atoms with E-state index in [0.717, 1.165) is 12.8 Å². The first-order chi connectivity index (χ1) is 8.67. The van der Waals surface area contributed by atoms with E-state index < -0.39 is 5.82 Å². The minimum absolute atomic E-state index is 0.0282. The van der Waals surface area contributed by atoms with Crippen molar-refractivity contribution in [3.63, 3.8) is 0 Å². The summed E-state index contributed by atoms with van der Waals surface area (Å²) in [5.41, 5.74) is 0.167. The number of epoxide rings is 1. The number of rotatable bonds is 4. The molecule has 1 aliphatic carbocycles. The van der Waals surface area contributed by atoms with Gasteiger partial charge in [0.2, 0.25) is 0 Å². The predicted octanol–water partition coefficient (Wildman–Crippen LogP) is 2.00. The lowest BCUT2D eigenvalue weighted by atomic mass is 10.2. The van der Waals surface area contributed by atoms with E-state index in [0.29, 0.717) is 5.23 Å². The maximum Gasteiger partial charge on any atom is 0.147 e. The Bertz CT molecular complexity index is 446. The van der Waals surface area contributed by atoms with E-state index >= 15 is 0 Å². The lowest BCUT2D eigenvalue weighted by Gasteiger charge is -2.29. The topological polar surface area (TPSA) is 57.3 Å². The fraction of sp³-hybridized carbons (Fsp3) is 0.500. The molecule has 0 amide bonds. The summed E-state index contributed by atoms with van der Waals surface area (Å²) in [5.74, 6) is -0.240. The summed E-state index contributed by atoms with van der Waals surface area (Å²) in [5, 5.41) is 11.8. The minimum Gasteiger partial charge on any atom is -0.733 e. The summed E-state index contributed by atoms with van der Waals surface area (Å²) in [6.07, 6.45) is 2.09. The molecule has 0 spiro atoms. The molecule has 3 rings (SSSR count). The third kappa shape index (κ3) is 2.14. The Morgan fingerprint density at radius 1 is 1.39 bits per heavy atom. The summed E-state index contributed by atoms with van der Waals surface area (Å²) < 4.78 is 24.2. The number of hydrogen-bond acceptors (Lipinski definition) is 5. The highest BCUT2D eigenvalue weighted by Gasteiger charge is 2.49. The van der Waals surface area contributed by atoms with E-state index in [4.69, 9.17) is 9.47 Å². The molecular weight excluding hydrogens is 241 g/mol. The van der Waals surface area contributed by atoms with Crippen molar-refractivity contribution in [2.75, 3.05) is 12.3 Å². The number of fused-ring (bicyclic) bond motifs is 1. The van der Waals surface area contributed by atoms with Crippen LogP contribution in [-0.2, 0) is 9.57 Å². The van der Waals surface area contributed by atoms with Crippen molar-refractivity contribution in [1.29, 1.82) is 0 Å². The van der Waals surface area contributed by atoms with Gasteiger partial charge in [0.1, 0.15) is 17.7 Å². The molecule has 18 heavy (non-hydrogen) atoms. The Morgan fingerprint density at radius 3 is 2.78 bits per heavy atom. The van der Waals surface area contributed by atoms with Crippen LogP contribution < -0.4 is 9.96 Å². The Morgan fingerprint density at radius 2 is 2.11 bits per heavy atom. The number of nitrogens with zero attached hydrogens (tertiary/aromatic N) is 1. The van der Waals surface area contributed by atoms with Gasteiger partial charge in [-0.05, 0) is 12.1 Å². The molecule has 0 N–H and O–H groups in total. The smallest absolute Gasteiger partial charge is 0.147 e. The van der Waals surface area contributed by atoms with Crippen LogP contribution in [0.2, 0.25) is 0 Å². The first-order valence-electron chi connectivity index (χ1n) is 5.80. The number of hydrogen-bond donors (Lipinski definition) is 0.